The topological polar surface area (TPSA) is 97.4 Å². The normalized spacial score (nSPS) is 20.7. The number of anilines is 2. The van der Waals surface area contributed by atoms with E-state index in [1.807, 2.05) is 26.1 Å². The standard InChI is InChI=1S/C19H28N6O2/c1-4-24(3)17-9-18(23-12-22-17)25-11-16(26)8-15(25)10-21-13(2)14-5-6-20-19(27)7-14/h5-7,9,12-13,15-16,21,26H,4,8,10-11H2,1-3H3,(H,20,27)/t13?,15-,16-/m1/s1. The fraction of sp³-hybridized carbons (Fsp3) is 0.526. The van der Waals surface area contributed by atoms with Gasteiger partial charge in [-0.05, 0) is 31.9 Å². The van der Waals surface area contributed by atoms with Crippen LogP contribution in [0.1, 0.15) is 31.9 Å². The van der Waals surface area contributed by atoms with Crippen molar-refractivity contribution in [1.29, 1.82) is 0 Å². The van der Waals surface area contributed by atoms with E-state index in [0.717, 1.165) is 23.7 Å². The van der Waals surface area contributed by atoms with Gasteiger partial charge in [0, 0.05) is 57.1 Å². The van der Waals surface area contributed by atoms with E-state index in [0.29, 0.717) is 19.5 Å². The quantitative estimate of drug-likeness (QED) is 0.665. The minimum absolute atomic E-state index is 0.0408. The second-order valence-electron chi connectivity index (χ2n) is 7.06. The molecule has 1 saturated heterocycles. The number of pyridine rings is 1. The fourth-order valence-electron chi connectivity index (χ4n) is 3.39. The van der Waals surface area contributed by atoms with Crippen LogP contribution in [0.2, 0.25) is 0 Å². The molecule has 3 atom stereocenters. The molecule has 3 heterocycles. The largest absolute Gasteiger partial charge is 0.391 e. The number of rotatable bonds is 7. The molecule has 146 valence electrons. The Morgan fingerprint density at radius 1 is 1.44 bits per heavy atom. The molecule has 3 rings (SSSR count). The zero-order valence-electron chi connectivity index (χ0n) is 16.1. The van der Waals surface area contributed by atoms with Crippen molar-refractivity contribution in [2.75, 3.05) is 36.5 Å². The summed E-state index contributed by atoms with van der Waals surface area (Å²) in [5.74, 6) is 1.69. The number of H-pyrrole nitrogens is 1. The van der Waals surface area contributed by atoms with Crippen LogP contribution in [-0.4, -0.2) is 58.9 Å². The molecule has 27 heavy (non-hydrogen) atoms. The first-order valence-electron chi connectivity index (χ1n) is 9.37. The number of aliphatic hydroxyl groups excluding tert-OH is 1. The lowest BCUT2D eigenvalue weighted by Crippen LogP contribution is -2.39. The van der Waals surface area contributed by atoms with Crippen molar-refractivity contribution >= 4 is 11.6 Å². The van der Waals surface area contributed by atoms with Crippen molar-refractivity contribution in [3.05, 3.63) is 46.6 Å². The van der Waals surface area contributed by atoms with Crippen LogP contribution in [0.5, 0.6) is 0 Å². The van der Waals surface area contributed by atoms with Crippen molar-refractivity contribution in [1.82, 2.24) is 20.3 Å². The van der Waals surface area contributed by atoms with Gasteiger partial charge in [-0.3, -0.25) is 4.79 Å². The van der Waals surface area contributed by atoms with Gasteiger partial charge in [-0.25, -0.2) is 9.97 Å². The SMILES string of the molecule is CCN(C)c1cc(N2C[C@H](O)C[C@@H]2CNC(C)c2cc[nH]c(=O)c2)ncn1. The second-order valence-corrected chi connectivity index (χ2v) is 7.06. The van der Waals surface area contributed by atoms with Gasteiger partial charge < -0.3 is 25.2 Å². The van der Waals surface area contributed by atoms with Gasteiger partial charge in [0.25, 0.3) is 0 Å². The van der Waals surface area contributed by atoms with Crippen LogP contribution in [0.25, 0.3) is 0 Å². The molecule has 2 aromatic heterocycles. The zero-order chi connectivity index (χ0) is 19.4. The van der Waals surface area contributed by atoms with Gasteiger partial charge in [0.1, 0.15) is 18.0 Å². The maximum absolute atomic E-state index is 11.5. The average molecular weight is 372 g/mol. The summed E-state index contributed by atoms with van der Waals surface area (Å²) in [7, 11) is 1.99. The molecule has 2 aromatic rings. The second kappa shape index (κ2) is 8.49. The monoisotopic (exact) mass is 372 g/mol. The first-order chi connectivity index (χ1) is 13.0. The molecule has 0 saturated carbocycles. The van der Waals surface area contributed by atoms with E-state index in [1.54, 1.807) is 18.6 Å². The third-order valence-corrected chi connectivity index (χ3v) is 5.15. The van der Waals surface area contributed by atoms with Gasteiger partial charge in [-0.1, -0.05) is 0 Å². The Labute approximate surface area is 159 Å². The molecule has 8 heteroatoms. The lowest BCUT2D eigenvalue weighted by atomic mass is 10.1. The maximum Gasteiger partial charge on any atom is 0.248 e. The van der Waals surface area contributed by atoms with Gasteiger partial charge in [0.15, 0.2) is 0 Å². The van der Waals surface area contributed by atoms with Crippen LogP contribution in [0.4, 0.5) is 11.6 Å². The molecule has 1 aliphatic heterocycles. The van der Waals surface area contributed by atoms with Gasteiger partial charge >= 0.3 is 0 Å². The van der Waals surface area contributed by atoms with Gasteiger partial charge in [-0.15, -0.1) is 0 Å². The first-order valence-corrected chi connectivity index (χ1v) is 9.37. The molecule has 0 aliphatic carbocycles. The van der Waals surface area contributed by atoms with Crippen LogP contribution < -0.4 is 20.7 Å². The van der Waals surface area contributed by atoms with E-state index in [4.69, 9.17) is 0 Å². The van der Waals surface area contributed by atoms with Crippen LogP contribution >= 0.6 is 0 Å². The number of hydrogen-bond donors (Lipinski definition) is 3. The number of aliphatic hydroxyl groups is 1. The number of nitrogens with zero attached hydrogens (tertiary/aromatic N) is 4. The molecular weight excluding hydrogens is 344 g/mol. The van der Waals surface area contributed by atoms with Crippen molar-refractivity contribution in [2.45, 2.75) is 38.5 Å². The highest BCUT2D eigenvalue weighted by molar-refractivity contribution is 5.51. The summed E-state index contributed by atoms with van der Waals surface area (Å²) < 4.78 is 0. The van der Waals surface area contributed by atoms with E-state index in [9.17, 15) is 9.90 Å². The predicted octanol–water partition coefficient (Wildman–Crippen LogP) is 0.911. The Kier molecular flexibility index (Phi) is 6.08. The number of nitrogens with one attached hydrogen (secondary N) is 2. The van der Waals surface area contributed by atoms with Crippen LogP contribution in [0.15, 0.2) is 35.5 Å². The summed E-state index contributed by atoms with van der Waals surface area (Å²) in [4.78, 5) is 27.1. The van der Waals surface area contributed by atoms with Gasteiger partial charge in [-0.2, -0.15) is 0 Å². The summed E-state index contributed by atoms with van der Waals surface area (Å²) in [6.07, 6.45) is 3.53. The van der Waals surface area contributed by atoms with Crippen molar-refractivity contribution in [3.63, 3.8) is 0 Å². The smallest absolute Gasteiger partial charge is 0.248 e. The molecule has 0 aromatic carbocycles. The van der Waals surface area contributed by atoms with E-state index >= 15 is 0 Å². The first kappa shape index (κ1) is 19.3. The molecule has 1 aliphatic rings. The molecule has 0 amide bonds. The average Bonchev–Trinajstić information content (AvgIpc) is 3.06. The number of β-amino-alcohol motifs (C(OH)–C–C–N with tert-alkyl or cyclic N) is 1. The Balaban J connectivity index is 1.70. The van der Waals surface area contributed by atoms with Crippen molar-refractivity contribution in [2.24, 2.45) is 0 Å². The summed E-state index contributed by atoms with van der Waals surface area (Å²) in [6.45, 7) is 6.21. The number of aromatic amines is 1. The molecule has 1 unspecified atom stereocenters. The summed E-state index contributed by atoms with van der Waals surface area (Å²) in [5, 5.41) is 13.7. The van der Waals surface area contributed by atoms with E-state index in [-0.39, 0.29) is 23.7 Å². The molecule has 0 bridgehead atoms. The molecule has 0 radical (unpaired) electrons. The summed E-state index contributed by atoms with van der Waals surface area (Å²) >= 11 is 0. The predicted molar refractivity (Wildman–Crippen MR) is 106 cm³/mol. The lowest BCUT2D eigenvalue weighted by molar-refractivity contribution is 0.193. The van der Waals surface area contributed by atoms with Crippen LogP contribution in [0.3, 0.4) is 0 Å². The highest BCUT2D eigenvalue weighted by Gasteiger charge is 2.32. The Bertz CT molecular complexity index is 811. The Hall–Kier alpha value is -2.45. The fourth-order valence-corrected chi connectivity index (χ4v) is 3.39. The third kappa shape index (κ3) is 4.64. The maximum atomic E-state index is 11.5. The zero-order valence-corrected chi connectivity index (χ0v) is 16.1. The van der Waals surface area contributed by atoms with Gasteiger partial charge in [0.05, 0.1) is 6.10 Å². The van der Waals surface area contributed by atoms with Crippen LogP contribution in [-0.2, 0) is 0 Å². The summed E-state index contributed by atoms with van der Waals surface area (Å²) in [5.41, 5.74) is 0.838. The third-order valence-electron chi connectivity index (χ3n) is 5.15. The molecule has 3 N–H and O–H groups in total. The molecule has 8 nitrogen and oxygen atoms in total. The highest BCUT2D eigenvalue weighted by Crippen LogP contribution is 2.26. The highest BCUT2D eigenvalue weighted by atomic mass is 16.3. The van der Waals surface area contributed by atoms with Crippen molar-refractivity contribution < 1.29 is 5.11 Å². The van der Waals surface area contributed by atoms with Crippen LogP contribution in [0, 0.1) is 0 Å². The van der Waals surface area contributed by atoms with E-state index in [1.165, 1.54) is 0 Å². The van der Waals surface area contributed by atoms with E-state index in [2.05, 4.69) is 37.0 Å². The molecular formula is C19H28N6O2. The minimum Gasteiger partial charge on any atom is -0.391 e. The Morgan fingerprint density at radius 2 is 2.26 bits per heavy atom. The lowest BCUT2D eigenvalue weighted by Gasteiger charge is -2.28. The molecule has 0 spiro atoms. The Morgan fingerprint density at radius 3 is 3.00 bits per heavy atom. The number of aromatic nitrogens is 3. The summed E-state index contributed by atoms with van der Waals surface area (Å²) in [6, 6.07) is 5.64. The van der Waals surface area contributed by atoms with Crippen molar-refractivity contribution in [3.8, 4) is 0 Å². The minimum atomic E-state index is -0.381. The molecule has 1 fully saturated rings. The van der Waals surface area contributed by atoms with Gasteiger partial charge in [0.2, 0.25) is 5.56 Å². The number of hydrogen-bond acceptors (Lipinski definition) is 7. The van der Waals surface area contributed by atoms with E-state index < -0.39 is 0 Å².